The van der Waals surface area contributed by atoms with Crippen molar-refractivity contribution in [2.45, 2.75) is 50.2 Å². The SMILES string of the molecule is CC(C)NC(=O)C(Cc1ccccc1)N(Cc1ccc(Cl)c(Cl)c1)C(=O)CCSc1ccccc1. The lowest BCUT2D eigenvalue weighted by molar-refractivity contribution is -0.141. The zero-order chi connectivity index (χ0) is 25.2. The lowest BCUT2D eigenvalue weighted by atomic mass is 10.0. The van der Waals surface area contributed by atoms with Gasteiger partial charge >= 0.3 is 0 Å². The van der Waals surface area contributed by atoms with Crippen molar-refractivity contribution in [2.75, 3.05) is 5.75 Å². The number of amides is 2. The highest BCUT2D eigenvalue weighted by molar-refractivity contribution is 7.99. The van der Waals surface area contributed by atoms with Crippen molar-refractivity contribution in [1.82, 2.24) is 10.2 Å². The van der Waals surface area contributed by atoms with Gasteiger partial charge in [-0.15, -0.1) is 11.8 Å². The van der Waals surface area contributed by atoms with Crippen LogP contribution in [0, 0.1) is 0 Å². The quantitative estimate of drug-likeness (QED) is 0.283. The zero-order valence-corrected chi connectivity index (χ0v) is 22.2. The van der Waals surface area contributed by atoms with Gasteiger partial charge in [-0.3, -0.25) is 9.59 Å². The highest BCUT2D eigenvalue weighted by atomic mass is 35.5. The Kier molecular flexibility index (Phi) is 10.5. The van der Waals surface area contributed by atoms with Gasteiger partial charge < -0.3 is 10.2 Å². The third-order valence-corrected chi connectivity index (χ3v) is 7.12. The van der Waals surface area contributed by atoms with Gasteiger partial charge in [-0.05, 0) is 49.2 Å². The average Bonchev–Trinajstić information content (AvgIpc) is 2.84. The number of thioether (sulfide) groups is 1. The molecule has 1 N–H and O–H groups in total. The maximum absolute atomic E-state index is 13.6. The first-order valence-corrected chi connectivity index (χ1v) is 13.3. The molecule has 3 aromatic rings. The summed E-state index contributed by atoms with van der Waals surface area (Å²) in [6, 6.07) is 24.3. The number of hydrogen-bond donors (Lipinski definition) is 1. The van der Waals surface area contributed by atoms with E-state index in [4.69, 9.17) is 23.2 Å². The Balaban J connectivity index is 1.87. The van der Waals surface area contributed by atoms with Crippen molar-refractivity contribution < 1.29 is 9.59 Å². The second kappa shape index (κ2) is 13.6. The van der Waals surface area contributed by atoms with Crippen LogP contribution in [0.5, 0.6) is 0 Å². The molecule has 0 aliphatic carbocycles. The van der Waals surface area contributed by atoms with Crippen molar-refractivity contribution in [1.29, 1.82) is 0 Å². The topological polar surface area (TPSA) is 49.4 Å². The van der Waals surface area contributed by atoms with E-state index >= 15 is 0 Å². The zero-order valence-electron chi connectivity index (χ0n) is 19.9. The fraction of sp³-hybridized carbons (Fsp3) is 0.286. The van der Waals surface area contributed by atoms with Crippen LogP contribution in [0.2, 0.25) is 10.0 Å². The van der Waals surface area contributed by atoms with Crippen molar-refractivity contribution in [3.05, 3.63) is 100 Å². The monoisotopic (exact) mass is 528 g/mol. The Morgan fingerprint density at radius 2 is 1.54 bits per heavy atom. The molecule has 2 amide bonds. The molecule has 0 radical (unpaired) electrons. The van der Waals surface area contributed by atoms with E-state index in [-0.39, 0.29) is 24.4 Å². The lowest BCUT2D eigenvalue weighted by Crippen LogP contribution is -2.51. The highest BCUT2D eigenvalue weighted by Gasteiger charge is 2.30. The van der Waals surface area contributed by atoms with Crippen molar-refractivity contribution in [2.24, 2.45) is 0 Å². The summed E-state index contributed by atoms with van der Waals surface area (Å²) in [7, 11) is 0. The van der Waals surface area contributed by atoms with Crippen LogP contribution < -0.4 is 5.32 Å². The number of hydrogen-bond acceptors (Lipinski definition) is 3. The molecule has 0 fully saturated rings. The first-order valence-electron chi connectivity index (χ1n) is 11.6. The lowest BCUT2D eigenvalue weighted by Gasteiger charge is -2.32. The minimum absolute atomic E-state index is 0.0451. The van der Waals surface area contributed by atoms with Gasteiger partial charge in [0.15, 0.2) is 0 Å². The van der Waals surface area contributed by atoms with Gasteiger partial charge in [0.25, 0.3) is 0 Å². The third-order valence-electron chi connectivity index (χ3n) is 5.37. The summed E-state index contributed by atoms with van der Waals surface area (Å²) in [5.41, 5.74) is 1.81. The maximum atomic E-state index is 13.6. The molecule has 1 atom stereocenters. The van der Waals surface area contributed by atoms with E-state index < -0.39 is 6.04 Å². The van der Waals surface area contributed by atoms with Crippen molar-refractivity contribution >= 4 is 46.8 Å². The second-order valence-corrected chi connectivity index (χ2v) is 10.5. The second-order valence-electron chi connectivity index (χ2n) is 8.55. The molecule has 7 heteroatoms. The van der Waals surface area contributed by atoms with Gasteiger partial charge in [0, 0.05) is 36.1 Å². The summed E-state index contributed by atoms with van der Waals surface area (Å²) in [5.74, 6) is 0.359. The fourth-order valence-electron chi connectivity index (χ4n) is 3.69. The van der Waals surface area contributed by atoms with E-state index in [1.165, 1.54) is 0 Å². The van der Waals surface area contributed by atoms with Gasteiger partial charge in [-0.1, -0.05) is 77.8 Å². The van der Waals surface area contributed by atoms with E-state index in [1.54, 1.807) is 28.8 Å². The van der Waals surface area contributed by atoms with Crippen LogP contribution in [0.15, 0.2) is 83.8 Å². The summed E-state index contributed by atoms with van der Waals surface area (Å²) >= 11 is 14.0. The number of carbonyl (C=O) groups excluding carboxylic acids is 2. The molecule has 0 spiro atoms. The predicted molar refractivity (Wildman–Crippen MR) is 146 cm³/mol. The molecule has 0 saturated carbocycles. The first-order chi connectivity index (χ1) is 16.8. The fourth-order valence-corrected chi connectivity index (χ4v) is 4.87. The number of halogens is 2. The number of nitrogens with one attached hydrogen (secondary N) is 1. The molecule has 1 unspecified atom stereocenters. The highest BCUT2D eigenvalue weighted by Crippen LogP contribution is 2.25. The summed E-state index contributed by atoms with van der Waals surface area (Å²) in [5, 5.41) is 3.87. The van der Waals surface area contributed by atoms with E-state index in [0.717, 1.165) is 16.0 Å². The largest absolute Gasteiger partial charge is 0.352 e. The number of benzene rings is 3. The third kappa shape index (κ3) is 8.60. The van der Waals surface area contributed by atoms with Crippen LogP contribution in [0.1, 0.15) is 31.4 Å². The molecular weight excluding hydrogens is 499 g/mol. The van der Waals surface area contributed by atoms with E-state index in [9.17, 15) is 9.59 Å². The van der Waals surface area contributed by atoms with Gasteiger partial charge in [-0.2, -0.15) is 0 Å². The van der Waals surface area contributed by atoms with E-state index in [1.807, 2.05) is 80.6 Å². The predicted octanol–water partition coefficient (Wildman–Crippen LogP) is 6.64. The molecule has 0 saturated heterocycles. The number of carbonyl (C=O) groups is 2. The Morgan fingerprint density at radius 3 is 2.17 bits per heavy atom. The van der Waals surface area contributed by atoms with Crippen molar-refractivity contribution in [3.63, 3.8) is 0 Å². The van der Waals surface area contributed by atoms with Crippen LogP contribution in [0.25, 0.3) is 0 Å². The van der Waals surface area contributed by atoms with Crippen LogP contribution in [0.4, 0.5) is 0 Å². The standard InChI is InChI=1S/C28H30Cl2N2O2S/c1-20(2)31-28(34)26(18-21-9-5-3-6-10-21)32(19-22-13-14-24(29)25(30)17-22)27(33)15-16-35-23-11-7-4-8-12-23/h3-14,17,20,26H,15-16,18-19H2,1-2H3,(H,31,34). The number of rotatable bonds is 11. The molecule has 3 rings (SSSR count). The van der Waals surface area contributed by atoms with Crippen molar-refractivity contribution in [3.8, 4) is 0 Å². The Bertz CT molecular complexity index is 1110. The van der Waals surface area contributed by atoms with Gasteiger partial charge in [0.2, 0.25) is 11.8 Å². The van der Waals surface area contributed by atoms with Crippen LogP contribution >= 0.6 is 35.0 Å². The van der Waals surface area contributed by atoms with E-state index in [2.05, 4.69) is 5.32 Å². The summed E-state index contributed by atoms with van der Waals surface area (Å²) < 4.78 is 0. The van der Waals surface area contributed by atoms with Crippen LogP contribution in [-0.4, -0.2) is 34.6 Å². The molecule has 0 aromatic heterocycles. The van der Waals surface area contributed by atoms with Crippen LogP contribution in [0.3, 0.4) is 0 Å². The summed E-state index contributed by atoms with van der Waals surface area (Å²) in [6.07, 6.45) is 0.722. The molecule has 184 valence electrons. The Morgan fingerprint density at radius 1 is 0.886 bits per heavy atom. The molecule has 0 aliphatic rings. The maximum Gasteiger partial charge on any atom is 0.243 e. The molecule has 0 aliphatic heterocycles. The van der Waals surface area contributed by atoms with Crippen LogP contribution in [-0.2, 0) is 22.6 Å². The molecule has 3 aromatic carbocycles. The van der Waals surface area contributed by atoms with E-state index in [0.29, 0.717) is 28.6 Å². The minimum atomic E-state index is -0.663. The molecule has 35 heavy (non-hydrogen) atoms. The Labute approximate surface area is 222 Å². The molecule has 0 bridgehead atoms. The smallest absolute Gasteiger partial charge is 0.243 e. The number of nitrogens with zero attached hydrogens (tertiary/aromatic N) is 1. The average molecular weight is 530 g/mol. The van der Waals surface area contributed by atoms with Gasteiger partial charge in [0.05, 0.1) is 10.0 Å². The molecular formula is C28H30Cl2N2O2S. The molecule has 0 heterocycles. The molecule has 4 nitrogen and oxygen atoms in total. The first kappa shape index (κ1) is 27.1. The Hall–Kier alpha value is -2.47. The summed E-state index contributed by atoms with van der Waals surface area (Å²) in [4.78, 5) is 29.7. The summed E-state index contributed by atoms with van der Waals surface area (Å²) in [6.45, 7) is 4.09. The minimum Gasteiger partial charge on any atom is -0.352 e. The van der Waals surface area contributed by atoms with Gasteiger partial charge in [-0.25, -0.2) is 0 Å². The van der Waals surface area contributed by atoms with Gasteiger partial charge in [0.1, 0.15) is 6.04 Å². The normalized spacial score (nSPS) is 11.8.